The Morgan fingerprint density at radius 3 is 2.54 bits per heavy atom. The van der Waals surface area contributed by atoms with Crippen LogP contribution in [0.4, 0.5) is 5.69 Å². The third-order valence-electron chi connectivity index (χ3n) is 4.97. The first kappa shape index (κ1) is 18.3. The fourth-order valence-electron chi connectivity index (χ4n) is 3.26. The topological polar surface area (TPSA) is 70.6 Å². The Hall–Kier alpha value is -3.06. The largest absolute Gasteiger partial charge is 0.333 e. The Morgan fingerprint density at radius 2 is 1.82 bits per heavy atom. The number of para-hydroxylation sites is 1. The van der Waals surface area contributed by atoms with E-state index >= 15 is 0 Å². The van der Waals surface area contributed by atoms with E-state index in [-0.39, 0.29) is 36.6 Å². The molecule has 0 aliphatic carbocycles. The van der Waals surface area contributed by atoms with E-state index in [1.165, 1.54) is 0 Å². The molecule has 3 amide bonds. The Balaban J connectivity index is 1.59. The maximum Gasteiger partial charge on any atom is 0.254 e. The zero-order valence-corrected chi connectivity index (χ0v) is 16.4. The minimum atomic E-state index is -0.231. The van der Waals surface area contributed by atoms with E-state index in [1.54, 1.807) is 47.5 Å². The molecule has 1 atom stereocenters. The van der Waals surface area contributed by atoms with Crippen molar-refractivity contribution in [3.8, 4) is 0 Å². The molecule has 7 heteroatoms. The molecule has 4 rings (SSSR count). The third kappa shape index (κ3) is 3.18. The zero-order valence-electron chi connectivity index (χ0n) is 15.6. The van der Waals surface area contributed by atoms with Gasteiger partial charge in [0.25, 0.3) is 5.91 Å². The van der Waals surface area contributed by atoms with Crippen molar-refractivity contribution >= 4 is 45.0 Å². The predicted molar refractivity (Wildman–Crippen MR) is 108 cm³/mol. The van der Waals surface area contributed by atoms with Crippen molar-refractivity contribution in [2.24, 2.45) is 0 Å². The lowest BCUT2D eigenvalue weighted by molar-refractivity contribution is -0.121. The minimum absolute atomic E-state index is 0.187. The Kier molecular flexibility index (Phi) is 4.68. The van der Waals surface area contributed by atoms with Gasteiger partial charge in [-0.3, -0.25) is 19.3 Å². The van der Waals surface area contributed by atoms with Gasteiger partial charge in [-0.1, -0.05) is 18.2 Å². The highest BCUT2D eigenvalue weighted by Gasteiger charge is 2.31. The van der Waals surface area contributed by atoms with Crippen LogP contribution in [0.25, 0.3) is 10.2 Å². The molecule has 1 aliphatic rings. The number of nitrogens with zero attached hydrogens (tertiary/aromatic N) is 3. The molecule has 1 unspecified atom stereocenters. The van der Waals surface area contributed by atoms with Gasteiger partial charge in [0.15, 0.2) is 0 Å². The van der Waals surface area contributed by atoms with Gasteiger partial charge in [-0.15, -0.1) is 11.3 Å². The van der Waals surface area contributed by atoms with Gasteiger partial charge >= 0.3 is 0 Å². The summed E-state index contributed by atoms with van der Waals surface area (Å²) in [5, 5.41) is 0.859. The van der Waals surface area contributed by atoms with E-state index in [0.29, 0.717) is 11.3 Å². The smallest absolute Gasteiger partial charge is 0.254 e. The van der Waals surface area contributed by atoms with Gasteiger partial charge in [0.05, 0.1) is 21.9 Å². The lowest BCUT2D eigenvalue weighted by Crippen LogP contribution is -2.31. The second-order valence-electron chi connectivity index (χ2n) is 6.79. The van der Waals surface area contributed by atoms with E-state index in [0.717, 1.165) is 20.1 Å². The number of rotatable bonds is 4. The maximum atomic E-state index is 13.0. The first-order chi connectivity index (χ1) is 13.5. The summed E-state index contributed by atoms with van der Waals surface area (Å²) in [5.74, 6) is -0.649. The minimum Gasteiger partial charge on any atom is -0.333 e. The van der Waals surface area contributed by atoms with Gasteiger partial charge in [0, 0.05) is 25.5 Å². The first-order valence-corrected chi connectivity index (χ1v) is 9.86. The summed E-state index contributed by atoms with van der Waals surface area (Å²) in [6, 6.07) is 14.3. The van der Waals surface area contributed by atoms with Gasteiger partial charge < -0.3 is 4.90 Å². The van der Waals surface area contributed by atoms with Crippen LogP contribution >= 0.6 is 11.3 Å². The standard InChI is InChI=1S/C21H19N3O3S/c1-13(20-22-16-8-3-4-9-17(16)28-20)23(2)21(27)14-6-5-7-15(12-14)24-18(25)10-11-19(24)26/h3-9,12-13H,10-11H2,1-2H3. The summed E-state index contributed by atoms with van der Waals surface area (Å²) < 4.78 is 1.08. The number of aromatic nitrogens is 1. The van der Waals surface area contributed by atoms with Crippen LogP contribution in [0.15, 0.2) is 48.5 Å². The van der Waals surface area contributed by atoms with Crippen molar-refractivity contribution in [3.05, 3.63) is 59.1 Å². The van der Waals surface area contributed by atoms with E-state index in [2.05, 4.69) is 4.98 Å². The van der Waals surface area contributed by atoms with Crippen molar-refractivity contribution < 1.29 is 14.4 Å². The second-order valence-corrected chi connectivity index (χ2v) is 7.85. The van der Waals surface area contributed by atoms with E-state index in [4.69, 9.17) is 0 Å². The number of fused-ring (bicyclic) bond motifs is 1. The van der Waals surface area contributed by atoms with Gasteiger partial charge in [0.2, 0.25) is 11.8 Å². The number of imide groups is 1. The molecule has 2 heterocycles. The highest BCUT2D eigenvalue weighted by atomic mass is 32.1. The number of amides is 3. The second kappa shape index (κ2) is 7.16. The number of hydrogen-bond donors (Lipinski definition) is 0. The molecule has 28 heavy (non-hydrogen) atoms. The first-order valence-electron chi connectivity index (χ1n) is 9.04. The fraction of sp³-hybridized carbons (Fsp3) is 0.238. The van der Waals surface area contributed by atoms with Gasteiger partial charge in [-0.25, -0.2) is 4.98 Å². The van der Waals surface area contributed by atoms with Crippen molar-refractivity contribution in [1.29, 1.82) is 0 Å². The number of anilines is 1. The average Bonchev–Trinajstić information content (AvgIpc) is 3.29. The molecule has 0 bridgehead atoms. The maximum absolute atomic E-state index is 13.0. The highest BCUT2D eigenvalue weighted by molar-refractivity contribution is 7.18. The van der Waals surface area contributed by atoms with E-state index in [1.807, 2.05) is 31.2 Å². The summed E-state index contributed by atoms with van der Waals surface area (Å²) >= 11 is 1.57. The predicted octanol–water partition coefficient (Wildman–Crippen LogP) is 3.78. The Morgan fingerprint density at radius 1 is 1.11 bits per heavy atom. The molecule has 6 nitrogen and oxygen atoms in total. The lowest BCUT2D eigenvalue weighted by Gasteiger charge is -2.24. The van der Waals surface area contributed by atoms with E-state index < -0.39 is 0 Å². The van der Waals surface area contributed by atoms with E-state index in [9.17, 15) is 14.4 Å². The fourth-order valence-corrected chi connectivity index (χ4v) is 4.32. The van der Waals surface area contributed by atoms with Crippen LogP contribution in [0.2, 0.25) is 0 Å². The van der Waals surface area contributed by atoms with Gasteiger partial charge in [-0.2, -0.15) is 0 Å². The van der Waals surface area contributed by atoms with Crippen molar-refractivity contribution in [2.45, 2.75) is 25.8 Å². The van der Waals surface area contributed by atoms with Crippen molar-refractivity contribution in [2.75, 3.05) is 11.9 Å². The van der Waals surface area contributed by atoms with Crippen LogP contribution in [0.3, 0.4) is 0 Å². The van der Waals surface area contributed by atoms with Gasteiger partial charge in [-0.05, 0) is 37.3 Å². The molecule has 1 aliphatic heterocycles. The zero-order chi connectivity index (χ0) is 19.8. The van der Waals surface area contributed by atoms with Crippen LogP contribution in [0.5, 0.6) is 0 Å². The number of carbonyl (C=O) groups is 3. The average molecular weight is 393 g/mol. The summed E-state index contributed by atoms with van der Waals surface area (Å²) in [6.45, 7) is 1.94. The number of carbonyl (C=O) groups excluding carboxylic acids is 3. The van der Waals surface area contributed by atoms with Crippen LogP contribution in [-0.2, 0) is 9.59 Å². The summed E-state index contributed by atoms with van der Waals surface area (Å²) in [6.07, 6.45) is 0.428. The molecule has 0 N–H and O–H groups in total. The SMILES string of the molecule is CC(c1nc2ccccc2s1)N(C)C(=O)c1cccc(N2C(=O)CCC2=O)c1. The normalized spacial score (nSPS) is 15.3. The molecule has 0 spiro atoms. The molecule has 0 radical (unpaired) electrons. The highest BCUT2D eigenvalue weighted by Crippen LogP contribution is 2.30. The lowest BCUT2D eigenvalue weighted by atomic mass is 10.1. The molecule has 142 valence electrons. The summed E-state index contributed by atoms with van der Waals surface area (Å²) in [4.78, 5) is 44.4. The molecule has 2 aromatic carbocycles. The summed E-state index contributed by atoms with van der Waals surface area (Å²) in [5.41, 5.74) is 1.79. The number of thiazole rings is 1. The van der Waals surface area contributed by atoms with Crippen LogP contribution in [0, 0.1) is 0 Å². The molecule has 1 saturated heterocycles. The molecular formula is C21H19N3O3S. The summed E-state index contributed by atoms with van der Waals surface area (Å²) in [7, 11) is 1.73. The molecule has 3 aromatic rings. The molecule has 1 aromatic heterocycles. The monoisotopic (exact) mass is 393 g/mol. The molecular weight excluding hydrogens is 374 g/mol. The van der Waals surface area contributed by atoms with Gasteiger partial charge in [0.1, 0.15) is 5.01 Å². The quantitative estimate of drug-likeness (QED) is 0.633. The van der Waals surface area contributed by atoms with Crippen LogP contribution in [-0.4, -0.2) is 34.7 Å². The number of benzene rings is 2. The van der Waals surface area contributed by atoms with Crippen molar-refractivity contribution in [3.63, 3.8) is 0 Å². The Labute approximate surface area is 166 Å². The third-order valence-corrected chi connectivity index (χ3v) is 6.18. The van der Waals surface area contributed by atoms with Crippen molar-refractivity contribution in [1.82, 2.24) is 9.88 Å². The number of hydrogen-bond acceptors (Lipinski definition) is 5. The van der Waals surface area contributed by atoms with Crippen LogP contribution in [0.1, 0.15) is 41.2 Å². The Bertz CT molecular complexity index is 1040. The molecule has 0 saturated carbocycles. The van der Waals surface area contributed by atoms with Crippen LogP contribution < -0.4 is 4.90 Å². The molecule has 1 fully saturated rings.